The molecule has 3 heteroatoms. The monoisotopic (exact) mass is 323 g/mol. The fraction of sp³-hybridized carbons (Fsp3) is 0.250. The van der Waals surface area contributed by atoms with Crippen molar-refractivity contribution in [2.45, 2.75) is 31.7 Å². The highest BCUT2D eigenvalue weighted by atomic mass is 35.5. The number of fused-ring (bicyclic) bond motifs is 1. The molecule has 0 radical (unpaired) electrons. The molecule has 1 heterocycles. The molecule has 0 N–H and O–H groups in total. The number of hydrogen-bond donors (Lipinski definition) is 0. The maximum absolute atomic E-state index is 13.0. The number of aromatic nitrogens is 1. The summed E-state index contributed by atoms with van der Waals surface area (Å²) in [5, 5.41) is 1.53. The van der Waals surface area contributed by atoms with Crippen LogP contribution < -0.4 is 0 Å². The fourth-order valence-electron chi connectivity index (χ4n) is 3.66. The highest BCUT2D eigenvalue weighted by molar-refractivity contribution is 6.35. The zero-order chi connectivity index (χ0) is 15.8. The third-order valence-electron chi connectivity index (χ3n) is 4.82. The normalized spacial score (nSPS) is 15.3. The van der Waals surface area contributed by atoms with Crippen LogP contribution in [-0.2, 0) is 0 Å². The van der Waals surface area contributed by atoms with Crippen LogP contribution in [0, 0.1) is 0 Å². The van der Waals surface area contributed by atoms with Gasteiger partial charge in [0.05, 0.1) is 5.02 Å². The van der Waals surface area contributed by atoms with Crippen molar-refractivity contribution in [3.05, 3.63) is 70.9 Å². The molecule has 0 spiro atoms. The molecule has 3 aromatic rings. The van der Waals surface area contributed by atoms with Gasteiger partial charge in [0.15, 0.2) is 5.78 Å². The Labute approximate surface area is 140 Å². The van der Waals surface area contributed by atoms with Gasteiger partial charge in [0.2, 0.25) is 0 Å². The molecule has 116 valence electrons. The molecule has 1 aliphatic carbocycles. The van der Waals surface area contributed by atoms with Gasteiger partial charge in [-0.2, -0.15) is 0 Å². The summed E-state index contributed by atoms with van der Waals surface area (Å²) in [6.45, 7) is 0. The second-order valence-electron chi connectivity index (χ2n) is 6.21. The summed E-state index contributed by atoms with van der Waals surface area (Å²) >= 11 is 6.23. The average molecular weight is 324 g/mol. The highest BCUT2D eigenvalue weighted by Gasteiger charge is 2.23. The van der Waals surface area contributed by atoms with E-state index in [0.29, 0.717) is 16.6 Å². The van der Waals surface area contributed by atoms with Gasteiger partial charge < -0.3 is 4.57 Å². The number of ketones is 1. The zero-order valence-electron chi connectivity index (χ0n) is 12.8. The average Bonchev–Trinajstić information content (AvgIpc) is 3.22. The summed E-state index contributed by atoms with van der Waals surface area (Å²) < 4.78 is 2.30. The number of halogens is 1. The first kappa shape index (κ1) is 14.5. The summed E-state index contributed by atoms with van der Waals surface area (Å²) in [5.74, 6) is 0.00328. The van der Waals surface area contributed by atoms with Gasteiger partial charge in [-0.3, -0.25) is 4.79 Å². The van der Waals surface area contributed by atoms with Crippen molar-refractivity contribution in [3.8, 4) is 0 Å². The summed E-state index contributed by atoms with van der Waals surface area (Å²) in [4.78, 5) is 13.0. The molecule has 23 heavy (non-hydrogen) atoms. The summed E-state index contributed by atoms with van der Waals surface area (Å²) in [6, 6.07) is 15.9. The van der Waals surface area contributed by atoms with E-state index in [1.165, 1.54) is 25.7 Å². The molecule has 0 bridgehead atoms. The molecule has 0 saturated heterocycles. The van der Waals surface area contributed by atoms with Crippen LogP contribution in [-0.4, -0.2) is 10.4 Å². The van der Waals surface area contributed by atoms with Gasteiger partial charge in [-0.15, -0.1) is 0 Å². The quantitative estimate of drug-likeness (QED) is 0.572. The molecule has 1 aliphatic rings. The molecule has 1 fully saturated rings. The Morgan fingerprint density at radius 3 is 2.43 bits per heavy atom. The van der Waals surface area contributed by atoms with E-state index in [1.54, 1.807) is 12.1 Å². The minimum absolute atomic E-state index is 0.00328. The lowest BCUT2D eigenvalue weighted by molar-refractivity contribution is 0.104. The lowest BCUT2D eigenvalue weighted by Crippen LogP contribution is -2.04. The van der Waals surface area contributed by atoms with E-state index in [-0.39, 0.29) is 5.78 Å². The largest absolute Gasteiger partial charge is 0.344 e. The molecule has 4 rings (SSSR count). The Hall–Kier alpha value is -2.06. The van der Waals surface area contributed by atoms with E-state index >= 15 is 0 Å². The third-order valence-corrected chi connectivity index (χ3v) is 5.15. The molecule has 1 aromatic heterocycles. The molecule has 2 nitrogen and oxygen atoms in total. The van der Waals surface area contributed by atoms with E-state index in [1.807, 2.05) is 36.5 Å². The van der Waals surface area contributed by atoms with Crippen LogP contribution in [0.5, 0.6) is 0 Å². The van der Waals surface area contributed by atoms with Gasteiger partial charge in [0.1, 0.15) is 0 Å². The third kappa shape index (κ3) is 2.47. The van der Waals surface area contributed by atoms with Crippen molar-refractivity contribution in [3.63, 3.8) is 0 Å². The Kier molecular flexibility index (Phi) is 3.70. The predicted octanol–water partition coefficient (Wildman–Crippen LogP) is 5.64. The molecular formula is C20H18ClNO. The topological polar surface area (TPSA) is 22.0 Å². The first-order valence-corrected chi connectivity index (χ1v) is 8.52. The second-order valence-corrected chi connectivity index (χ2v) is 6.62. The van der Waals surface area contributed by atoms with Crippen LogP contribution in [0.2, 0.25) is 5.02 Å². The second kappa shape index (κ2) is 5.86. The first-order chi connectivity index (χ1) is 11.3. The molecule has 0 aliphatic heterocycles. The van der Waals surface area contributed by atoms with Crippen LogP contribution in [0.1, 0.15) is 47.6 Å². The van der Waals surface area contributed by atoms with E-state index in [0.717, 1.165) is 16.5 Å². The number of carbonyl (C=O) groups excluding carboxylic acids is 1. The SMILES string of the molecule is O=C(c1ccccc1Cl)c1cn(C2CCCC2)c2ccccc12. The van der Waals surface area contributed by atoms with Crippen LogP contribution >= 0.6 is 11.6 Å². The Bertz CT molecular complexity index is 874. The molecular weight excluding hydrogens is 306 g/mol. The Morgan fingerprint density at radius 1 is 0.957 bits per heavy atom. The predicted molar refractivity (Wildman–Crippen MR) is 94.3 cm³/mol. The smallest absolute Gasteiger partial charge is 0.196 e. The maximum Gasteiger partial charge on any atom is 0.196 e. The number of hydrogen-bond acceptors (Lipinski definition) is 1. The van der Waals surface area contributed by atoms with Crippen molar-refractivity contribution < 1.29 is 4.79 Å². The van der Waals surface area contributed by atoms with Crippen LogP contribution in [0.25, 0.3) is 10.9 Å². The van der Waals surface area contributed by atoms with Crippen LogP contribution in [0.3, 0.4) is 0 Å². The lowest BCUT2D eigenvalue weighted by atomic mass is 10.0. The molecule has 2 aromatic carbocycles. The molecule has 0 amide bonds. The van der Waals surface area contributed by atoms with Crippen LogP contribution in [0.4, 0.5) is 0 Å². The van der Waals surface area contributed by atoms with Gasteiger partial charge in [0.25, 0.3) is 0 Å². The Balaban J connectivity index is 1.87. The number of benzene rings is 2. The molecule has 0 atom stereocenters. The standard InChI is InChI=1S/C20H18ClNO/c21-18-11-5-3-10-16(18)20(23)17-13-22(14-7-1-2-8-14)19-12-6-4-9-15(17)19/h3-6,9-14H,1-2,7-8H2. The van der Waals surface area contributed by atoms with Crippen LogP contribution in [0.15, 0.2) is 54.7 Å². The minimum Gasteiger partial charge on any atom is -0.344 e. The lowest BCUT2D eigenvalue weighted by Gasteiger charge is -2.12. The summed E-state index contributed by atoms with van der Waals surface area (Å²) in [5.41, 5.74) is 2.47. The van der Waals surface area contributed by atoms with Crippen molar-refractivity contribution in [2.75, 3.05) is 0 Å². The Morgan fingerprint density at radius 2 is 1.65 bits per heavy atom. The number of carbonyl (C=O) groups is 1. The maximum atomic E-state index is 13.0. The van der Waals surface area contributed by atoms with Gasteiger partial charge in [-0.25, -0.2) is 0 Å². The molecule has 0 unspecified atom stereocenters. The van der Waals surface area contributed by atoms with Crippen molar-refractivity contribution in [2.24, 2.45) is 0 Å². The highest BCUT2D eigenvalue weighted by Crippen LogP contribution is 2.35. The molecule has 1 saturated carbocycles. The van der Waals surface area contributed by atoms with E-state index in [4.69, 9.17) is 11.6 Å². The van der Waals surface area contributed by atoms with Crippen molar-refractivity contribution in [1.29, 1.82) is 0 Å². The first-order valence-electron chi connectivity index (χ1n) is 8.14. The van der Waals surface area contributed by atoms with Gasteiger partial charge >= 0.3 is 0 Å². The fourth-order valence-corrected chi connectivity index (χ4v) is 3.88. The minimum atomic E-state index is 0.00328. The van der Waals surface area contributed by atoms with Gasteiger partial charge in [0, 0.05) is 34.3 Å². The van der Waals surface area contributed by atoms with Gasteiger partial charge in [-0.1, -0.05) is 54.8 Å². The van der Waals surface area contributed by atoms with Gasteiger partial charge in [-0.05, 0) is 31.0 Å². The number of nitrogens with zero attached hydrogens (tertiary/aromatic N) is 1. The van der Waals surface area contributed by atoms with E-state index in [2.05, 4.69) is 10.6 Å². The van der Waals surface area contributed by atoms with Crippen molar-refractivity contribution in [1.82, 2.24) is 4.57 Å². The van der Waals surface area contributed by atoms with E-state index < -0.39 is 0 Å². The number of para-hydroxylation sites is 1. The van der Waals surface area contributed by atoms with E-state index in [9.17, 15) is 4.79 Å². The zero-order valence-corrected chi connectivity index (χ0v) is 13.6. The number of rotatable bonds is 3. The van der Waals surface area contributed by atoms with Crippen molar-refractivity contribution >= 4 is 28.3 Å². The summed E-state index contributed by atoms with van der Waals surface area (Å²) in [6.07, 6.45) is 6.96. The summed E-state index contributed by atoms with van der Waals surface area (Å²) in [7, 11) is 0.